The Morgan fingerprint density at radius 1 is 0.400 bits per heavy atom. The first-order valence-corrected chi connectivity index (χ1v) is 11.7. The van der Waals surface area contributed by atoms with Crippen LogP contribution in [-0.4, -0.2) is 6.54 Å². The molecule has 0 saturated heterocycles. The first-order valence-electron chi connectivity index (χ1n) is 11.7. The van der Waals surface area contributed by atoms with Gasteiger partial charge in [0, 0.05) is 0 Å². The minimum absolute atomic E-state index is 0.513. The van der Waals surface area contributed by atoms with Crippen molar-refractivity contribution in [3.63, 3.8) is 0 Å². The van der Waals surface area contributed by atoms with Crippen molar-refractivity contribution in [2.75, 3.05) is 6.54 Å². The fourth-order valence-corrected chi connectivity index (χ4v) is 3.61. The molecule has 0 N–H and O–H groups in total. The van der Waals surface area contributed by atoms with Crippen LogP contribution in [0.4, 0.5) is 0 Å². The topological polar surface area (TPSA) is 29.4 Å². The van der Waals surface area contributed by atoms with Crippen molar-refractivity contribution in [2.24, 2.45) is 5.18 Å². The monoisotopic (exact) mass is 353 g/mol. The summed E-state index contributed by atoms with van der Waals surface area (Å²) >= 11 is 0. The van der Waals surface area contributed by atoms with E-state index in [0.717, 1.165) is 6.42 Å². The van der Waals surface area contributed by atoms with E-state index in [4.69, 9.17) is 0 Å². The molecule has 0 saturated carbocycles. The van der Waals surface area contributed by atoms with Crippen LogP contribution < -0.4 is 0 Å². The van der Waals surface area contributed by atoms with Crippen LogP contribution in [0.2, 0.25) is 0 Å². The van der Waals surface area contributed by atoms with E-state index < -0.39 is 0 Å². The van der Waals surface area contributed by atoms with Gasteiger partial charge in [-0.3, -0.25) is 0 Å². The SMILES string of the molecule is CCCCCCCCCCCCCCCCCCCCCCCN=O. The standard InChI is InChI=1S/C23H47NO/c1-2-3-4-5-6-7-8-9-10-11-12-13-14-15-16-17-18-19-20-21-22-23-24-25/h2-23H2,1H3. The molecule has 0 radical (unpaired) electrons. The van der Waals surface area contributed by atoms with Gasteiger partial charge in [-0.1, -0.05) is 141 Å². The van der Waals surface area contributed by atoms with Gasteiger partial charge in [-0.05, 0) is 6.42 Å². The Kier molecular flexibility index (Phi) is 23.2. The molecular formula is C23H47NO. The van der Waals surface area contributed by atoms with Gasteiger partial charge in [0.1, 0.15) is 0 Å². The van der Waals surface area contributed by atoms with Crippen LogP contribution in [0.3, 0.4) is 0 Å². The molecule has 0 bridgehead atoms. The molecule has 0 atom stereocenters. The summed E-state index contributed by atoms with van der Waals surface area (Å²) in [6.45, 7) is 2.80. The zero-order valence-electron chi connectivity index (χ0n) is 17.4. The van der Waals surface area contributed by atoms with E-state index in [-0.39, 0.29) is 0 Å². The summed E-state index contributed by atoms with van der Waals surface area (Å²) in [5.74, 6) is 0. The molecule has 0 aromatic rings. The van der Waals surface area contributed by atoms with Gasteiger partial charge >= 0.3 is 0 Å². The quantitative estimate of drug-likeness (QED) is 0.141. The fourth-order valence-electron chi connectivity index (χ4n) is 3.61. The van der Waals surface area contributed by atoms with E-state index in [1.807, 2.05) is 0 Å². The van der Waals surface area contributed by atoms with Crippen molar-refractivity contribution in [1.29, 1.82) is 0 Å². The Bertz CT molecular complexity index is 242. The van der Waals surface area contributed by atoms with E-state index in [1.165, 1.54) is 128 Å². The van der Waals surface area contributed by atoms with Gasteiger partial charge < -0.3 is 0 Å². The predicted molar refractivity (Wildman–Crippen MR) is 113 cm³/mol. The zero-order chi connectivity index (χ0) is 18.3. The second-order valence-electron chi connectivity index (χ2n) is 7.92. The number of hydrogen-bond acceptors (Lipinski definition) is 2. The summed E-state index contributed by atoms with van der Waals surface area (Å²) in [4.78, 5) is 9.96. The number of nitrogens with zero attached hydrogens (tertiary/aromatic N) is 1. The number of nitroso groups, excluding NO2 is 1. The summed E-state index contributed by atoms with van der Waals surface area (Å²) < 4.78 is 0. The highest BCUT2D eigenvalue weighted by Crippen LogP contribution is 2.14. The van der Waals surface area contributed by atoms with Gasteiger partial charge in [-0.2, -0.15) is 4.91 Å². The maximum atomic E-state index is 9.96. The molecule has 0 aliphatic heterocycles. The molecule has 0 aromatic carbocycles. The lowest BCUT2D eigenvalue weighted by Gasteiger charge is -2.04. The lowest BCUT2D eigenvalue weighted by molar-refractivity contribution is 0.520. The highest BCUT2D eigenvalue weighted by molar-refractivity contribution is 4.51. The maximum absolute atomic E-state index is 9.96. The summed E-state index contributed by atoms with van der Waals surface area (Å²) in [7, 11) is 0. The Morgan fingerprint density at radius 2 is 0.640 bits per heavy atom. The fraction of sp³-hybridized carbons (Fsp3) is 1.00. The Hall–Kier alpha value is -0.400. The minimum atomic E-state index is 0.513. The van der Waals surface area contributed by atoms with Gasteiger partial charge in [-0.15, -0.1) is 0 Å². The lowest BCUT2D eigenvalue weighted by atomic mass is 10.0. The van der Waals surface area contributed by atoms with Crippen LogP contribution in [0.15, 0.2) is 5.18 Å². The van der Waals surface area contributed by atoms with Crippen LogP contribution in [-0.2, 0) is 0 Å². The molecule has 0 aliphatic rings. The highest BCUT2D eigenvalue weighted by atomic mass is 16.3. The third-order valence-corrected chi connectivity index (χ3v) is 5.35. The van der Waals surface area contributed by atoms with Gasteiger partial charge in [0.05, 0.1) is 6.54 Å². The molecule has 0 unspecified atom stereocenters. The largest absolute Gasteiger partial charge is 0.151 e. The van der Waals surface area contributed by atoms with Crippen molar-refractivity contribution in [1.82, 2.24) is 0 Å². The molecule has 0 amide bonds. The molecule has 2 heteroatoms. The van der Waals surface area contributed by atoms with Crippen molar-refractivity contribution in [3.8, 4) is 0 Å². The number of unbranched alkanes of at least 4 members (excludes halogenated alkanes) is 20. The average molecular weight is 354 g/mol. The molecule has 0 rings (SSSR count). The van der Waals surface area contributed by atoms with Gasteiger partial charge in [0.15, 0.2) is 0 Å². The first-order chi connectivity index (χ1) is 12.4. The van der Waals surface area contributed by atoms with Gasteiger partial charge in [0.25, 0.3) is 0 Å². The van der Waals surface area contributed by atoms with Crippen LogP contribution >= 0.6 is 0 Å². The van der Waals surface area contributed by atoms with Crippen LogP contribution in [0.1, 0.15) is 142 Å². The lowest BCUT2D eigenvalue weighted by Crippen LogP contribution is -1.85. The Morgan fingerprint density at radius 3 is 0.880 bits per heavy atom. The molecule has 0 spiro atoms. The van der Waals surface area contributed by atoms with Crippen molar-refractivity contribution in [2.45, 2.75) is 142 Å². The summed E-state index contributed by atoms with van der Waals surface area (Å²) in [6.07, 6.45) is 29.3. The van der Waals surface area contributed by atoms with E-state index in [2.05, 4.69) is 12.1 Å². The minimum Gasteiger partial charge on any atom is -0.151 e. The van der Waals surface area contributed by atoms with Crippen molar-refractivity contribution in [3.05, 3.63) is 4.91 Å². The van der Waals surface area contributed by atoms with E-state index in [9.17, 15) is 4.91 Å². The van der Waals surface area contributed by atoms with Crippen molar-refractivity contribution >= 4 is 0 Å². The summed E-state index contributed by atoms with van der Waals surface area (Å²) in [5, 5.41) is 2.91. The van der Waals surface area contributed by atoms with Gasteiger partial charge in [-0.25, -0.2) is 0 Å². The molecule has 150 valence electrons. The molecule has 0 heterocycles. The first kappa shape index (κ1) is 24.6. The summed E-state index contributed by atoms with van der Waals surface area (Å²) in [6, 6.07) is 0. The van der Waals surface area contributed by atoms with Crippen LogP contribution in [0.25, 0.3) is 0 Å². The predicted octanol–water partition coefficient (Wildman–Crippen LogP) is 8.96. The zero-order valence-corrected chi connectivity index (χ0v) is 17.4. The number of rotatable bonds is 22. The maximum Gasteiger partial charge on any atom is 0.0811 e. The molecule has 0 aromatic heterocycles. The van der Waals surface area contributed by atoms with E-state index in [1.54, 1.807) is 0 Å². The van der Waals surface area contributed by atoms with Gasteiger partial charge in [0.2, 0.25) is 0 Å². The smallest absolute Gasteiger partial charge is 0.0811 e. The Balaban J connectivity index is 2.95. The second-order valence-corrected chi connectivity index (χ2v) is 7.92. The number of hydrogen-bond donors (Lipinski definition) is 0. The molecule has 2 nitrogen and oxygen atoms in total. The highest BCUT2D eigenvalue weighted by Gasteiger charge is 1.95. The summed E-state index contributed by atoms with van der Waals surface area (Å²) in [5.41, 5.74) is 0. The molecular weight excluding hydrogens is 306 g/mol. The average Bonchev–Trinajstić information content (AvgIpc) is 2.63. The van der Waals surface area contributed by atoms with E-state index >= 15 is 0 Å². The molecule has 0 aliphatic carbocycles. The third kappa shape index (κ3) is 23.6. The Labute approximate surface area is 158 Å². The van der Waals surface area contributed by atoms with Crippen LogP contribution in [0.5, 0.6) is 0 Å². The van der Waals surface area contributed by atoms with Crippen LogP contribution in [0, 0.1) is 4.91 Å². The molecule has 0 fully saturated rings. The van der Waals surface area contributed by atoms with E-state index in [0.29, 0.717) is 6.54 Å². The van der Waals surface area contributed by atoms with Crippen molar-refractivity contribution < 1.29 is 0 Å². The second kappa shape index (κ2) is 23.6. The normalized spacial score (nSPS) is 11.1. The third-order valence-electron chi connectivity index (χ3n) is 5.35. The molecule has 25 heavy (non-hydrogen) atoms.